The lowest BCUT2D eigenvalue weighted by Crippen LogP contribution is -1.91. The van der Waals surface area contributed by atoms with Crippen molar-refractivity contribution in [2.75, 3.05) is 13.7 Å². The van der Waals surface area contributed by atoms with Crippen LogP contribution in [0.15, 0.2) is 47.3 Å². The Kier molecular flexibility index (Phi) is 8.26. The fraction of sp³-hybridized carbons (Fsp3) is 0.263. The minimum atomic E-state index is -0.380. The molecule has 0 unspecified atom stereocenters. The van der Waals surface area contributed by atoms with Gasteiger partial charge in [-0.1, -0.05) is 53.1 Å². The van der Waals surface area contributed by atoms with Crippen molar-refractivity contribution in [3.63, 3.8) is 0 Å². The number of methoxy groups -OCH3 is 1. The van der Waals surface area contributed by atoms with Gasteiger partial charge in [0.15, 0.2) is 0 Å². The molecule has 0 bridgehead atoms. The molecule has 1 rings (SSSR count). The predicted molar refractivity (Wildman–Crippen MR) is 101 cm³/mol. The van der Waals surface area contributed by atoms with E-state index in [1.165, 1.54) is 6.08 Å². The van der Waals surface area contributed by atoms with Crippen molar-refractivity contribution >= 4 is 29.3 Å². The molecule has 24 heavy (non-hydrogen) atoms. The zero-order chi connectivity index (χ0) is 18.3. The van der Waals surface area contributed by atoms with Gasteiger partial charge in [0.1, 0.15) is 11.6 Å². The van der Waals surface area contributed by atoms with Crippen molar-refractivity contribution < 1.29 is 14.2 Å². The van der Waals surface area contributed by atoms with E-state index in [4.69, 9.17) is 33.0 Å². The third-order valence-corrected chi connectivity index (χ3v) is 4.25. The molecule has 0 atom stereocenters. The number of hydrogen-bond acceptors (Lipinski definition) is 2. The van der Waals surface area contributed by atoms with E-state index in [0.29, 0.717) is 26.9 Å². The molecular weight excluding hydrogens is 350 g/mol. The zero-order valence-corrected chi connectivity index (χ0v) is 15.7. The predicted octanol–water partition coefficient (Wildman–Crippen LogP) is 6.06. The van der Waals surface area contributed by atoms with E-state index >= 15 is 0 Å². The van der Waals surface area contributed by atoms with Crippen LogP contribution in [0.2, 0.25) is 10.0 Å². The molecule has 1 aromatic rings. The smallest absolute Gasteiger partial charge is 0.126 e. The molecule has 130 valence electrons. The summed E-state index contributed by atoms with van der Waals surface area (Å²) in [5.74, 6) is 0.226. The quantitative estimate of drug-likeness (QED) is 0.616. The monoisotopic (exact) mass is 370 g/mol. The Labute approximate surface area is 152 Å². The van der Waals surface area contributed by atoms with Crippen LogP contribution in [0.1, 0.15) is 25.0 Å². The number of hydrogen-bond donors (Lipinski definition) is 1. The molecule has 0 fully saturated rings. The number of aliphatic hydroxyl groups excluding tert-OH is 1. The highest BCUT2D eigenvalue weighted by atomic mass is 35.5. The van der Waals surface area contributed by atoms with Crippen molar-refractivity contribution in [1.82, 2.24) is 0 Å². The summed E-state index contributed by atoms with van der Waals surface area (Å²) in [5.41, 5.74) is 2.60. The first-order chi connectivity index (χ1) is 11.3. The van der Waals surface area contributed by atoms with Gasteiger partial charge in [-0.15, -0.1) is 0 Å². The fourth-order valence-corrected chi connectivity index (χ4v) is 2.48. The van der Waals surface area contributed by atoms with Gasteiger partial charge in [0, 0.05) is 11.1 Å². The Bertz CT molecular complexity index is 717. The van der Waals surface area contributed by atoms with E-state index < -0.39 is 0 Å². The molecule has 0 saturated heterocycles. The first kappa shape index (κ1) is 20.5. The molecule has 0 aromatic heterocycles. The third-order valence-electron chi connectivity index (χ3n) is 3.45. The van der Waals surface area contributed by atoms with Crippen molar-refractivity contribution in [2.45, 2.75) is 20.8 Å². The zero-order valence-electron chi connectivity index (χ0n) is 14.2. The van der Waals surface area contributed by atoms with Crippen LogP contribution < -0.4 is 4.74 Å². The second-order valence-electron chi connectivity index (χ2n) is 5.24. The second kappa shape index (κ2) is 9.67. The summed E-state index contributed by atoms with van der Waals surface area (Å²) in [4.78, 5) is 0. The molecule has 0 heterocycles. The van der Waals surface area contributed by atoms with Gasteiger partial charge in [0.2, 0.25) is 0 Å². The molecule has 1 aromatic carbocycles. The van der Waals surface area contributed by atoms with E-state index in [1.807, 2.05) is 6.92 Å². The van der Waals surface area contributed by atoms with Gasteiger partial charge in [-0.25, -0.2) is 4.39 Å². The van der Waals surface area contributed by atoms with Gasteiger partial charge < -0.3 is 9.84 Å². The van der Waals surface area contributed by atoms with Crippen LogP contribution in [0.3, 0.4) is 0 Å². The Hall–Kier alpha value is -1.55. The molecule has 1 N–H and O–H groups in total. The van der Waals surface area contributed by atoms with Crippen LogP contribution in [0.25, 0.3) is 6.08 Å². The third kappa shape index (κ3) is 5.52. The minimum absolute atomic E-state index is 0.0752. The number of allylic oxidation sites excluding steroid dienone is 6. The number of rotatable bonds is 6. The highest BCUT2D eigenvalue weighted by Gasteiger charge is 2.11. The second-order valence-corrected chi connectivity index (χ2v) is 6.03. The van der Waals surface area contributed by atoms with Crippen LogP contribution in [0.5, 0.6) is 5.75 Å². The standard InChI is InChI=1S/C19H21Cl2FO2/c1-12(9-10-23)5-8-17(22)13(2)6-7-15-16(20)11-18(24-4)14(3)19(15)21/h5-9,11,23H,10H2,1-4H3/b7-6+,8-5+,12-9+,17-13+. The van der Waals surface area contributed by atoms with Gasteiger partial charge in [0.05, 0.1) is 23.8 Å². The first-order valence-corrected chi connectivity index (χ1v) is 8.10. The summed E-state index contributed by atoms with van der Waals surface area (Å²) < 4.78 is 19.3. The maximum absolute atomic E-state index is 14.1. The summed E-state index contributed by atoms with van der Waals surface area (Å²) in [6, 6.07) is 1.68. The van der Waals surface area contributed by atoms with Gasteiger partial charge >= 0.3 is 0 Å². The number of aliphatic hydroxyl groups is 1. The van der Waals surface area contributed by atoms with Crippen LogP contribution >= 0.6 is 23.2 Å². The Morgan fingerprint density at radius 3 is 2.50 bits per heavy atom. The summed E-state index contributed by atoms with van der Waals surface area (Å²) in [7, 11) is 1.55. The lowest BCUT2D eigenvalue weighted by Gasteiger charge is -2.10. The van der Waals surface area contributed by atoms with Gasteiger partial charge in [-0.05, 0) is 38.5 Å². The highest BCUT2D eigenvalue weighted by Crippen LogP contribution is 2.35. The lowest BCUT2D eigenvalue weighted by molar-refractivity contribution is 0.342. The van der Waals surface area contributed by atoms with Crippen LogP contribution in [0, 0.1) is 6.92 Å². The number of halogens is 3. The van der Waals surface area contributed by atoms with E-state index in [0.717, 1.165) is 11.1 Å². The van der Waals surface area contributed by atoms with Crippen molar-refractivity contribution in [3.05, 3.63) is 68.5 Å². The molecular formula is C19H21Cl2FO2. The van der Waals surface area contributed by atoms with Gasteiger partial charge in [0.25, 0.3) is 0 Å². The van der Waals surface area contributed by atoms with Crippen molar-refractivity contribution in [3.8, 4) is 5.75 Å². The Balaban J connectivity index is 3.10. The van der Waals surface area contributed by atoms with Gasteiger partial charge in [-0.3, -0.25) is 0 Å². The van der Waals surface area contributed by atoms with E-state index in [9.17, 15) is 4.39 Å². The summed E-state index contributed by atoms with van der Waals surface area (Å²) in [5, 5.41) is 9.68. The lowest BCUT2D eigenvalue weighted by atomic mass is 10.1. The van der Waals surface area contributed by atoms with E-state index in [2.05, 4.69) is 0 Å². The minimum Gasteiger partial charge on any atom is -0.496 e. The number of ether oxygens (including phenoxy) is 1. The fourth-order valence-electron chi connectivity index (χ4n) is 1.92. The SMILES string of the molecule is COc1cc(Cl)c(/C=C/C(C)=C(F)\C=C\C(C)=C\CO)c(Cl)c1C. The molecule has 5 heteroatoms. The van der Waals surface area contributed by atoms with Crippen LogP contribution in [-0.2, 0) is 0 Å². The highest BCUT2D eigenvalue weighted by molar-refractivity contribution is 6.37. The summed E-state index contributed by atoms with van der Waals surface area (Å²) in [6.45, 7) is 5.19. The van der Waals surface area contributed by atoms with Crippen molar-refractivity contribution in [1.29, 1.82) is 0 Å². The average Bonchev–Trinajstić information content (AvgIpc) is 2.55. The van der Waals surface area contributed by atoms with E-state index in [-0.39, 0.29) is 12.4 Å². The molecule has 0 radical (unpaired) electrons. The largest absolute Gasteiger partial charge is 0.496 e. The normalized spacial score (nSPS) is 13.8. The average molecular weight is 371 g/mol. The van der Waals surface area contributed by atoms with Crippen molar-refractivity contribution in [2.24, 2.45) is 0 Å². The van der Waals surface area contributed by atoms with Crippen LogP contribution in [0.4, 0.5) is 4.39 Å². The number of benzene rings is 1. The molecule has 0 aliphatic carbocycles. The molecule has 0 aliphatic heterocycles. The summed E-state index contributed by atoms with van der Waals surface area (Å²) >= 11 is 12.5. The molecule has 2 nitrogen and oxygen atoms in total. The molecule has 0 spiro atoms. The molecule has 0 amide bonds. The maximum Gasteiger partial charge on any atom is 0.126 e. The molecule has 0 aliphatic rings. The maximum atomic E-state index is 14.1. The van der Waals surface area contributed by atoms with E-state index in [1.54, 1.807) is 51.3 Å². The van der Waals surface area contributed by atoms with Gasteiger partial charge in [-0.2, -0.15) is 0 Å². The Morgan fingerprint density at radius 2 is 1.92 bits per heavy atom. The summed E-state index contributed by atoms with van der Waals surface area (Å²) in [6.07, 6.45) is 7.83. The molecule has 0 saturated carbocycles. The Morgan fingerprint density at radius 1 is 1.25 bits per heavy atom. The first-order valence-electron chi connectivity index (χ1n) is 7.34. The van der Waals surface area contributed by atoms with Crippen LogP contribution in [-0.4, -0.2) is 18.8 Å². The topological polar surface area (TPSA) is 29.5 Å².